The summed E-state index contributed by atoms with van der Waals surface area (Å²) in [6, 6.07) is 7.25. The third-order valence-electron chi connectivity index (χ3n) is 3.60. The number of nitrogens with one attached hydrogen (secondary N) is 1. The van der Waals surface area contributed by atoms with Crippen LogP contribution in [0.5, 0.6) is 0 Å². The number of aryl methyl sites for hydroxylation is 3. The van der Waals surface area contributed by atoms with Gasteiger partial charge in [0.1, 0.15) is 5.82 Å². The van der Waals surface area contributed by atoms with Crippen molar-refractivity contribution in [2.45, 2.75) is 26.8 Å². The Morgan fingerprint density at radius 1 is 1.29 bits per heavy atom. The number of carbonyl (C=O) groups excluding carboxylic acids is 1. The second kappa shape index (κ2) is 5.41. The molecule has 21 heavy (non-hydrogen) atoms. The highest BCUT2D eigenvalue weighted by Crippen LogP contribution is 2.24. The first-order chi connectivity index (χ1) is 10.0. The first kappa shape index (κ1) is 13.9. The molecule has 0 saturated carbocycles. The van der Waals surface area contributed by atoms with Crippen LogP contribution in [0.4, 0.5) is 16.3 Å². The zero-order valence-electron chi connectivity index (χ0n) is 12.1. The fourth-order valence-electron chi connectivity index (χ4n) is 2.52. The van der Waals surface area contributed by atoms with Crippen LogP contribution in [0.25, 0.3) is 0 Å². The average Bonchev–Trinajstić information content (AvgIpc) is 2.82. The van der Waals surface area contributed by atoms with E-state index >= 15 is 0 Å². The first-order valence-electron chi connectivity index (χ1n) is 6.94. The van der Waals surface area contributed by atoms with Crippen molar-refractivity contribution in [2.75, 3.05) is 16.8 Å². The largest absolute Gasteiger partial charge is 0.327 e. The Kier molecular flexibility index (Phi) is 3.59. The molecule has 0 unspecified atom stereocenters. The topological polar surface area (TPSA) is 50.2 Å². The molecule has 3 rings (SSSR count). The van der Waals surface area contributed by atoms with Crippen molar-refractivity contribution in [3.63, 3.8) is 0 Å². The standard InChI is InChI=1S/C15H17ClN4O/c1-10-4-5-12(16)9-13(10)17-15(21)19-6-3-7-20-14(19)8-11(2)18-20/h4-5,8-9H,3,6-7H2,1-2H3,(H,17,21). The number of hydrogen-bond acceptors (Lipinski definition) is 2. The number of aromatic nitrogens is 2. The van der Waals surface area contributed by atoms with E-state index in [9.17, 15) is 4.79 Å². The Labute approximate surface area is 128 Å². The van der Waals surface area contributed by atoms with Crippen LogP contribution in [0.2, 0.25) is 5.02 Å². The van der Waals surface area contributed by atoms with E-state index in [0.717, 1.165) is 35.7 Å². The van der Waals surface area contributed by atoms with E-state index in [0.29, 0.717) is 11.6 Å². The summed E-state index contributed by atoms with van der Waals surface area (Å²) in [5.41, 5.74) is 2.64. The van der Waals surface area contributed by atoms with E-state index in [1.54, 1.807) is 11.0 Å². The fourth-order valence-corrected chi connectivity index (χ4v) is 2.70. The van der Waals surface area contributed by atoms with Crippen molar-refractivity contribution in [3.8, 4) is 0 Å². The van der Waals surface area contributed by atoms with Gasteiger partial charge in [-0.2, -0.15) is 5.10 Å². The van der Waals surface area contributed by atoms with Crippen LogP contribution < -0.4 is 10.2 Å². The summed E-state index contributed by atoms with van der Waals surface area (Å²) in [4.78, 5) is 14.3. The molecular formula is C15H17ClN4O. The molecule has 6 heteroatoms. The van der Waals surface area contributed by atoms with Gasteiger partial charge in [-0.1, -0.05) is 17.7 Å². The van der Waals surface area contributed by atoms with E-state index in [-0.39, 0.29) is 6.03 Å². The van der Waals surface area contributed by atoms with Crippen molar-refractivity contribution >= 4 is 29.1 Å². The highest BCUT2D eigenvalue weighted by atomic mass is 35.5. The quantitative estimate of drug-likeness (QED) is 0.875. The van der Waals surface area contributed by atoms with E-state index in [1.165, 1.54) is 0 Å². The van der Waals surface area contributed by atoms with Gasteiger partial charge in [0.05, 0.1) is 5.69 Å². The molecule has 2 aromatic rings. The first-order valence-corrected chi connectivity index (χ1v) is 7.31. The number of hydrogen-bond donors (Lipinski definition) is 1. The number of anilines is 2. The molecule has 1 aliphatic rings. The average molecular weight is 305 g/mol. The number of rotatable bonds is 1. The summed E-state index contributed by atoms with van der Waals surface area (Å²) in [6.45, 7) is 5.42. The predicted octanol–water partition coefficient (Wildman–Crippen LogP) is 3.60. The lowest BCUT2D eigenvalue weighted by Gasteiger charge is -2.27. The van der Waals surface area contributed by atoms with Gasteiger partial charge in [-0.15, -0.1) is 0 Å². The molecule has 0 radical (unpaired) electrons. The fraction of sp³-hybridized carbons (Fsp3) is 0.333. The number of halogens is 1. The van der Waals surface area contributed by atoms with Crippen LogP contribution in [0.15, 0.2) is 24.3 Å². The molecule has 0 aliphatic carbocycles. The molecule has 5 nitrogen and oxygen atoms in total. The third-order valence-corrected chi connectivity index (χ3v) is 3.83. The van der Waals surface area contributed by atoms with Gasteiger partial charge in [-0.25, -0.2) is 9.48 Å². The maximum atomic E-state index is 12.5. The summed E-state index contributed by atoms with van der Waals surface area (Å²) < 4.78 is 1.88. The molecular weight excluding hydrogens is 288 g/mol. The Balaban J connectivity index is 1.85. The lowest BCUT2D eigenvalue weighted by Crippen LogP contribution is -2.40. The SMILES string of the molecule is Cc1cc2n(n1)CCCN2C(=O)Nc1cc(Cl)ccc1C. The lowest BCUT2D eigenvalue weighted by atomic mass is 10.2. The zero-order chi connectivity index (χ0) is 15.0. The van der Waals surface area contributed by atoms with Crippen molar-refractivity contribution in [1.82, 2.24) is 9.78 Å². The van der Waals surface area contributed by atoms with E-state index < -0.39 is 0 Å². The zero-order valence-corrected chi connectivity index (χ0v) is 12.8. The normalized spacial score (nSPS) is 14.0. The molecule has 2 heterocycles. The minimum Gasteiger partial charge on any atom is -0.307 e. The number of benzene rings is 1. The number of fused-ring (bicyclic) bond motifs is 1. The van der Waals surface area contributed by atoms with Crippen molar-refractivity contribution < 1.29 is 4.79 Å². The lowest BCUT2D eigenvalue weighted by molar-refractivity contribution is 0.255. The molecule has 0 saturated heterocycles. The van der Waals surface area contributed by atoms with E-state index in [1.807, 2.05) is 36.7 Å². The van der Waals surface area contributed by atoms with Crippen LogP contribution in [-0.4, -0.2) is 22.4 Å². The Morgan fingerprint density at radius 2 is 2.10 bits per heavy atom. The van der Waals surface area contributed by atoms with Gasteiger partial charge in [0.2, 0.25) is 0 Å². The minimum atomic E-state index is -0.152. The summed E-state index contributed by atoms with van der Waals surface area (Å²) in [7, 11) is 0. The molecule has 0 atom stereocenters. The van der Waals surface area contributed by atoms with Crippen molar-refractivity contribution in [1.29, 1.82) is 0 Å². The predicted molar refractivity (Wildman–Crippen MR) is 84.1 cm³/mol. The molecule has 0 fully saturated rings. The van der Waals surface area contributed by atoms with Crippen LogP contribution in [0.1, 0.15) is 17.7 Å². The third kappa shape index (κ3) is 2.74. The Bertz CT molecular complexity index is 695. The van der Waals surface area contributed by atoms with Crippen molar-refractivity contribution in [2.24, 2.45) is 0 Å². The molecule has 1 aromatic carbocycles. The van der Waals surface area contributed by atoms with Crippen LogP contribution >= 0.6 is 11.6 Å². The number of nitrogens with zero attached hydrogens (tertiary/aromatic N) is 3. The molecule has 0 bridgehead atoms. The van der Waals surface area contributed by atoms with Gasteiger partial charge in [-0.3, -0.25) is 4.90 Å². The van der Waals surface area contributed by atoms with Gasteiger partial charge < -0.3 is 5.32 Å². The minimum absolute atomic E-state index is 0.152. The molecule has 1 aliphatic heterocycles. The van der Waals surface area contributed by atoms with Crippen LogP contribution in [0, 0.1) is 13.8 Å². The summed E-state index contributed by atoms with van der Waals surface area (Å²) in [6.07, 6.45) is 0.899. The van der Waals surface area contributed by atoms with Crippen LogP contribution in [-0.2, 0) is 6.54 Å². The number of carbonyl (C=O) groups is 1. The highest BCUT2D eigenvalue weighted by Gasteiger charge is 2.24. The Hall–Kier alpha value is -2.01. The maximum absolute atomic E-state index is 12.5. The Morgan fingerprint density at radius 3 is 2.90 bits per heavy atom. The molecule has 2 amide bonds. The number of amides is 2. The van der Waals surface area contributed by atoms with Gasteiger partial charge in [0, 0.05) is 29.9 Å². The second-order valence-electron chi connectivity index (χ2n) is 5.26. The highest BCUT2D eigenvalue weighted by molar-refractivity contribution is 6.31. The summed E-state index contributed by atoms with van der Waals surface area (Å²) in [5, 5.41) is 7.94. The summed E-state index contributed by atoms with van der Waals surface area (Å²) in [5.74, 6) is 0.843. The van der Waals surface area contributed by atoms with Crippen molar-refractivity contribution in [3.05, 3.63) is 40.5 Å². The second-order valence-corrected chi connectivity index (χ2v) is 5.70. The smallest absolute Gasteiger partial charge is 0.307 e. The van der Waals surface area contributed by atoms with Gasteiger partial charge in [0.15, 0.2) is 0 Å². The van der Waals surface area contributed by atoms with Crippen LogP contribution in [0.3, 0.4) is 0 Å². The van der Waals surface area contributed by atoms with Gasteiger partial charge in [0.25, 0.3) is 0 Å². The summed E-state index contributed by atoms with van der Waals surface area (Å²) >= 11 is 5.99. The maximum Gasteiger partial charge on any atom is 0.327 e. The van der Waals surface area contributed by atoms with E-state index in [2.05, 4.69) is 10.4 Å². The molecule has 1 aromatic heterocycles. The molecule has 0 spiro atoms. The number of urea groups is 1. The van der Waals surface area contributed by atoms with Gasteiger partial charge in [-0.05, 0) is 38.0 Å². The monoisotopic (exact) mass is 304 g/mol. The van der Waals surface area contributed by atoms with Gasteiger partial charge >= 0.3 is 6.03 Å². The molecule has 1 N–H and O–H groups in total. The van der Waals surface area contributed by atoms with E-state index in [4.69, 9.17) is 11.6 Å². The molecule has 110 valence electrons.